The highest BCUT2D eigenvalue weighted by atomic mass is 16.2. The van der Waals surface area contributed by atoms with Crippen LogP contribution in [0.5, 0.6) is 0 Å². The number of hydrogen-bond donors (Lipinski definition) is 3. The third kappa shape index (κ3) is 2.72. The van der Waals surface area contributed by atoms with E-state index in [2.05, 4.69) is 10.6 Å². The van der Waals surface area contributed by atoms with Gasteiger partial charge in [-0.05, 0) is 25.0 Å². The van der Waals surface area contributed by atoms with Crippen LogP contribution in [-0.2, 0) is 24.7 Å². The first kappa shape index (κ1) is 20.4. The molecule has 0 unspecified atom stereocenters. The van der Waals surface area contributed by atoms with Crippen LogP contribution >= 0.6 is 0 Å². The number of anilines is 1. The van der Waals surface area contributed by atoms with Gasteiger partial charge in [-0.3, -0.25) is 29.4 Å². The molecule has 8 nitrogen and oxygen atoms in total. The van der Waals surface area contributed by atoms with E-state index >= 15 is 0 Å². The van der Waals surface area contributed by atoms with Crippen LogP contribution in [0.2, 0.25) is 0 Å². The summed E-state index contributed by atoms with van der Waals surface area (Å²) in [5, 5.41) is 6.17. The van der Waals surface area contributed by atoms with Crippen molar-refractivity contribution < 1.29 is 19.2 Å². The molecule has 2 aromatic carbocycles. The van der Waals surface area contributed by atoms with Crippen molar-refractivity contribution in [1.82, 2.24) is 10.2 Å². The molecule has 2 fully saturated rings. The number of hydrogen-bond acceptors (Lipinski definition) is 5. The lowest BCUT2D eigenvalue weighted by Gasteiger charge is -2.31. The van der Waals surface area contributed by atoms with E-state index in [1.807, 2.05) is 37.3 Å². The molecule has 5 atom stereocenters. The zero-order valence-electron chi connectivity index (χ0n) is 17.6. The lowest BCUT2D eigenvalue weighted by Crippen LogP contribution is -2.53. The van der Waals surface area contributed by atoms with Crippen LogP contribution < -0.4 is 16.4 Å². The van der Waals surface area contributed by atoms with Gasteiger partial charge in [0.1, 0.15) is 5.54 Å². The lowest BCUT2D eigenvalue weighted by molar-refractivity contribution is -0.145. The van der Waals surface area contributed by atoms with Crippen molar-refractivity contribution in [1.29, 1.82) is 0 Å². The van der Waals surface area contributed by atoms with E-state index in [9.17, 15) is 19.2 Å². The lowest BCUT2D eigenvalue weighted by atomic mass is 9.76. The van der Waals surface area contributed by atoms with Crippen molar-refractivity contribution in [2.75, 3.05) is 5.32 Å². The van der Waals surface area contributed by atoms with Crippen LogP contribution in [-0.4, -0.2) is 34.6 Å². The van der Waals surface area contributed by atoms with Crippen molar-refractivity contribution in [3.05, 3.63) is 65.7 Å². The third-order valence-corrected chi connectivity index (χ3v) is 7.03. The summed E-state index contributed by atoms with van der Waals surface area (Å²) in [6.45, 7) is 1.81. The van der Waals surface area contributed by atoms with Gasteiger partial charge in [-0.15, -0.1) is 0 Å². The fourth-order valence-corrected chi connectivity index (χ4v) is 5.59. The second-order valence-corrected chi connectivity index (χ2v) is 8.70. The number of nitrogens with zero attached hydrogens (tertiary/aromatic N) is 1. The summed E-state index contributed by atoms with van der Waals surface area (Å²) in [4.78, 5) is 53.6. The average Bonchev–Trinajstić information content (AvgIpc) is 3.37. The molecular weight excluding hydrogens is 408 g/mol. The standard InChI is InChI=1S/C24H24N4O4/c1-13(14-7-3-2-4-8-14)28-21(30)19-17(11-12-18(25)29)27-24(20(19)22(28)31)15-9-5-6-10-16(15)26-23(24)32/h2-10,13,17,19-20,27H,11-12H2,1H3,(H2,25,29)(H,26,32)/t13-,17+,19-,20+,24-/m1/s1. The number of likely N-dealkylation sites (tertiary alicyclic amines) is 1. The van der Waals surface area contributed by atoms with Gasteiger partial charge in [0.05, 0.1) is 17.9 Å². The largest absolute Gasteiger partial charge is 0.370 e. The van der Waals surface area contributed by atoms with Gasteiger partial charge in [0.15, 0.2) is 0 Å². The van der Waals surface area contributed by atoms with E-state index in [4.69, 9.17) is 5.73 Å². The molecule has 1 spiro atoms. The summed E-state index contributed by atoms with van der Waals surface area (Å²) in [5.74, 6) is -3.21. The van der Waals surface area contributed by atoms with E-state index in [0.717, 1.165) is 5.56 Å². The minimum atomic E-state index is -1.36. The highest BCUT2D eigenvalue weighted by molar-refractivity contribution is 6.15. The molecule has 4 amide bonds. The summed E-state index contributed by atoms with van der Waals surface area (Å²) < 4.78 is 0. The maximum Gasteiger partial charge on any atom is 0.250 e. The van der Waals surface area contributed by atoms with Crippen LogP contribution in [0.25, 0.3) is 0 Å². The molecule has 5 rings (SSSR count). The Labute approximate surface area is 185 Å². The molecule has 164 valence electrons. The first-order chi connectivity index (χ1) is 15.4. The summed E-state index contributed by atoms with van der Waals surface area (Å²) in [7, 11) is 0. The van der Waals surface area contributed by atoms with E-state index in [0.29, 0.717) is 11.3 Å². The molecule has 3 aliphatic heterocycles. The first-order valence-corrected chi connectivity index (χ1v) is 10.7. The smallest absolute Gasteiger partial charge is 0.250 e. The molecule has 0 saturated carbocycles. The minimum absolute atomic E-state index is 0.0515. The number of carbonyl (C=O) groups is 4. The second kappa shape index (κ2) is 7.27. The monoisotopic (exact) mass is 432 g/mol. The predicted octanol–water partition coefficient (Wildman–Crippen LogP) is 1.43. The third-order valence-electron chi connectivity index (χ3n) is 7.03. The molecule has 8 heteroatoms. The average molecular weight is 432 g/mol. The van der Waals surface area contributed by atoms with Crippen LogP contribution in [0.15, 0.2) is 54.6 Å². The number of para-hydroxylation sites is 1. The topological polar surface area (TPSA) is 122 Å². The van der Waals surface area contributed by atoms with Crippen LogP contribution in [0.3, 0.4) is 0 Å². The number of nitrogens with one attached hydrogen (secondary N) is 2. The Kier molecular flexibility index (Phi) is 4.63. The molecule has 3 aliphatic rings. The molecule has 0 radical (unpaired) electrons. The molecule has 0 aromatic heterocycles. The summed E-state index contributed by atoms with van der Waals surface area (Å²) in [6, 6.07) is 15.5. The Morgan fingerprint density at radius 2 is 1.75 bits per heavy atom. The van der Waals surface area contributed by atoms with Crippen molar-refractivity contribution in [2.24, 2.45) is 17.6 Å². The Morgan fingerprint density at radius 3 is 2.47 bits per heavy atom. The van der Waals surface area contributed by atoms with E-state index in [1.54, 1.807) is 24.3 Å². The molecule has 4 N–H and O–H groups in total. The number of imide groups is 1. The summed E-state index contributed by atoms with van der Waals surface area (Å²) in [6.07, 6.45) is 0.316. The first-order valence-electron chi connectivity index (χ1n) is 10.7. The van der Waals surface area contributed by atoms with Crippen molar-refractivity contribution in [3.8, 4) is 0 Å². The number of primary amides is 1. The van der Waals surface area contributed by atoms with Crippen molar-refractivity contribution in [2.45, 2.75) is 37.4 Å². The fourth-order valence-electron chi connectivity index (χ4n) is 5.59. The number of rotatable bonds is 5. The Balaban J connectivity index is 1.61. The second-order valence-electron chi connectivity index (χ2n) is 8.70. The van der Waals surface area contributed by atoms with E-state index < -0.39 is 35.4 Å². The Bertz CT molecular complexity index is 1130. The Morgan fingerprint density at radius 1 is 1.06 bits per heavy atom. The van der Waals surface area contributed by atoms with E-state index in [1.165, 1.54) is 4.90 Å². The molecule has 0 bridgehead atoms. The molecule has 3 heterocycles. The van der Waals surface area contributed by atoms with E-state index in [-0.39, 0.29) is 30.6 Å². The normalized spacial score (nSPS) is 29.2. The minimum Gasteiger partial charge on any atom is -0.370 e. The molecule has 32 heavy (non-hydrogen) atoms. The van der Waals surface area contributed by atoms with Gasteiger partial charge in [-0.1, -0.05) is 48.5 Å². The fraction of sp³-hybridized carbons (Fsp3) is 0.333. The number of benzene rings is 2. The summed E-state index contributed by atoms with van der Waals surface area (Å²) in [5.41, 5.74) is 6.11. The molecular formula is C24H24N4O4. The van der Waals surface area contributed by atoms with Gasteiger partial charge in [-0.25, -0.2) is 0 Å². The zero-order valence-corrected chi connectivity index (χ0v) is 17.6. The van der Waals surface area contributed by atoms with Gasteiger partial charge in [0, 0.05) is 23.7 Å². The predicted molar refractivity (Wildman–Crippen MR) is 116 cm³/mol. The highest BCUT2D eigenvalue weighted by Gasteiger charge is 2.70. The summed E-state index contributed by atoms with van der Waals surface area (Å²) >= 11 is 0. The van der Waals surface area contributed by atoms with Crippen LogP contribution in [0, 0.1) is 11.8 Å². The SMILES string of the molecule is C[C@H](c1ccccc1)N1C(=O)[C@@H]2[C@H](CCC(N)=O)N[C@@]3(C(=O)Nc4ccccc43)[C@@H]2C1=O. The number of fused-ring (bicyclic) bond motifs is 4. The number of amides is 4. The number of carbonyl (C=O) groups excluding carboxylic acids is 4. The zero-order chi connectivity index (χ0) is 22.6. The van der Waals surface area contributed by atoms with Crippen LogP contribution in [0.1, 0.15) is 36.9 Å². The Hall–Kier alpha value is -3.52. The van der Waals surface area contributed by atoms with Crippen molar-refractivity contribution >= 4 is 29.3 Å². The number of nitrogens with two attached hydrogens (primary N) is 1. The molecule has 2 aromatic rings. The maximum atomic E-state index is 13.8. The van der Waals surface area contributed by atoms with Gasteiger partial charge >= 0.3 is 0 Å². The quantitative estimate of drug-likeness (QED) is 0.617. The maximum absolute atomic E-state index is 13.8. The van der Waals surface area contributed by atoms with Gasteiger partial charge < -0.3 is 11.1 Å². The van der Waals surface area contributed by atoms with Crippen LogP contribution in [0.4, 0.5) is 5.69 Å². The molecule has 2 saturated heterocycles. The van der Waals surface area contributed by atoms with Crippen molar-refractivity contribution in [3.63, 3.8) is 0 Å². The van der Waals surface area contributed by atoms with Gasteiger partial charge in [0.25, 0.3) is 0 Å². The van der Waals surface area contributed by atoms with Gasteiger partial charge in [-0.2, -0.15) is 0 Å². The van der Waals surface area contributed by atoms with Gasteiger partial charge in [0.2, 0.25) is 23.6 Å². The highest BCUT2D eigenvalue weighted by Crippen LogP contribution is 2.54. The molecule has 0 aliphatic carbocycles.